The Morgan fingerprint density at radius 2 is 1.52 bits per heavy atom. The molecule has 4 aliphatic carbocycles. The summed E-state index contributed by atoms with van der Waals surface area (Å²) in [5.41, 5.74) is -2.00. The number of carbonyl (C=O) groups excluding carboxylic acids is 9. The predicted molar refractivity (Wildman–Crippen MR) is 289 cm³/mol. The van der Waals surface area contributed by atoms with Crippen molar-refractivity contribution in [3.05, 3.63) is 60.0 Å². The maximum absolute atomic E-state index is 15.0. The third-order valence-corrected chi connectivity index (χ3v) is 17.8. The first-order valence-corrected chi connectivity index (χ1v) is 29.5. The average molecular weight is 1130 g/mol. The molecule has 2 saturated heterocycles. The Morgan fingerprint density at radius 3 is 2.21 bits per heavy atom. The van der Waals surface area contributed by atoms with E-state index in [4.69, 9.17) is 23.7 Å². The first-order chi connectivity index (χ1) is 39.0. The second-order valence-electron chi connectivity index (χ2n) is 23.6. The van der Waals surface area contributed by atoms with E-state index < -0.39 is 113 Å². The number of carbonyl (C=O) groups is 9. The molecule has 0 radical (unpaired) electrons. The van der Waals surface area contributed by atoms with Crippen molar-refractivity contribution in [1.82, 2.24) is 36.0 Å². The summed E-state index contributed by atoms with van der Waals surface area (Å²) in [5, 5.41) is 11.4. The molecule has 0 aromatic heterocycles. The number of fused-ring (bicyclic) bond motifs is 3. The zero-order valence-corrected chi connectivity index (χ0v) is 46.8. The fourth-order valence-electron chi connectivity index (χ4n) is 12.9. The smallest absolute Gasteiger partial charge is 0.410 e. The third kappa shape index (κ3) is 13.8. The molecule has 4 N–H and O–H groups in total. The normalized spacial score (nSPS) is 30.0. The van der Waals surface area contributed by atoms with Crippen LogP contribution in [-0.4, -0.2) is 148 Å². The summed E-state index contributed by atoms with van der Waals surface area (Å²) < 4.78 is 43.5. The topological polar surface area (TPSA) is 258 Å². The number of nitrogens with one attached hydrogen (secondary N) is 4. The molecule has 4 heterocycles. The molecule has 1 aromatic rings. The third-order valence-electron chi connectivity index (χ3n) is 17.8. The largest absolute Gasteiger partial charge is 0.467 e. The number of rotatable bonds is 17. The summed E-state index contributed by atoms with van der Waals surface area (Å²) in [6, 6.07) is -0.201. The molecule has 7 amide bonds. The Bertz CT molecular complexity index is 2590. The molecule has 4 saturated carbocycles. The number of esters is 2. The van der Waals surface area contributed by atoms with E-state index >= 15 is 4.79 Å². The fourth-order valence-corrected chi connectivity index (χ4v) is 12.9. The molecule has 9 rings (SSSR count). The summed E-state index contributed by atoms with van der Waals surface area (Å²) in [6.45, 7) is 5.13. The van der Waals surface area contributed by atoms with Gasteiger partial charge < -0.3 is 54.8 Å². The quantitative estimate of drug-likeness (QED) is 0.0567. The molecular weight excluding hydrogens is 1050 g/mol. The van der Waals surface area contributed by atoms with Crippen molar-refractivity contribution in [2.45, 2.75) is 221 Å². The number of halogens is 1. The van der Waals surface area contributed by atoms with E-state index in [1.807, 2.05) is 12.2 Å². The molecule has 1 aromatic carbocycles. The van der Waals surface area contributed by atoms with Crippen molar-refractivity contribution < 1.29 is 71.2 Å². The molecule has 442 valence electrons. The molecule has 81 heavy (non-hydrogen) atoms. The number of likely N-dealkylation sites (tertiary alicyclic amines) is 1. The number of methoxy groups -OCH3 is 1. The lowest BCUT2D eigenvalue weighted by Gasteiger charge is -2.30. The van der Waals surface area contributed by atoms with E-state index in [1.54, 1.807) is 25.1 Å². The predicted octanol–water partition coefficient (Wildman–Crippen LogP) is 6.43. The van der Waals surface area contributed by atoms with Gasteiger partial charge in [-0.1, -0.05) is 63.0 Å². The van der Waals surface area contributed by atoms with Crippen molar-refractivity contribution >= 4 is 53.8 Å². The summed E-state index contributed by atoms with van der Waals surface area (Å²) in [7, 11) is 1.22. The maximum Gasteiger partial charge on any atom is 0.410 e. The number of hydrogen-bond acceptors (Lipinski definition) is 14. The van der Waals surface area contributed by atoms with Crippen molar-refractivity contribution in [3.63, 3.8) is 0 Å². The molecule has 0 spiro atoms. The van der Waals surface area contributed by atoms with Gasteiger partial charge in [-0.2, -0.15) is 0 Å². The van der Waals surface area contributed by atoms with Crippen LogP contribution in [0.2, 0.25) is 0 Å². The molecule has 6 fully saturated rings. The average Bonchev–Trinajstić information content (AvgIpc) is 4.12. The van der Waals surface area contributed by atoms with Crippen LogP contribution in [0.25, 0.3) is 0 Å². The number of allylic oxidation sites excluding steroid dienone is 2. The number of alkyl carbamates (subject to hydrolysis) is 2. The second kappa shape index (κ2) is 26.0. The summed E-state index contributed by atoms with van der Waals surface area (Å²) >= 11 is 0. The van der Waals surface area contributed by atoms with Gasteiger partial charge in [-0.25, -0.2) is 28.4 Å². The SMILES string of the molecule is C=CCCCCC[C@H](NC(=O)OC1CCCC1)C(=O)N1C[C@H](OC(=O)[C@@]23C[C@H]2/C=C\CCCCC[C@H](NC(=O)OC2CCCC2)C(=O)N2C[C@H](OC(=O)N4Cc5cccc(F)c5C4)C[C@H]2C(=O)N3)C[C@H]1C(=O)N[C@]1(C(=O)OC)C[C@H]1C. The van der Waals surface area contributed by atoms with E-state index in [2.05, 4.69) is 27.8 Å². The van der Waals surface area contributed by atoms with Gasteiger partial charge in [0.1, 0.15) is 65.5 Å². The molecule has 0 unspecified atom stereocenters. The van der Waals surface area contributed by atoms with Gasteiger partial charge in [0, 0.05) is 30.9 Å². The number of amides is 7. The Morgan fingerprint density at radius 1 is 0.815 bits per heavy atom. The first kappa shape index (κ1) is 58.9. The van der Waals surface area contributed by atoms with Crippen LogP contribution in [0.5, 0.6) is 0 Å². The van der Waals surface area contributed by atoms with Crippen LogP contribution in [0.1, 0.15) is 159 Å². The molecular formula is C59H80FN7O14. The summed E-state index contributed by atoms with van der Waals surface area (Å²) in [4.78, 5) is 132. The summed E-state index contributed by atoms with van der Waals surface area (Å²) in [6.07, 6.45) is 12.9. The zero-order valence-electron chi connectivity index (χ0n) is 46.8. The second-order valence-corrected chi connectivity index (χ2v) is 23.6. The van der Waals surface area contributed by atoms with Crippen LogP contribution in [0, 0.1) is 17.7 Å². The maximum atomic E-state index is 15.0. The summed E-state index contributed by atoms with van der Waals surface area (Å²) in [5.74, 6) is -5.40. The molecule has 10 atom stereocenters. The van der Waals surface area contributed by atoms with Crippen molar-refractivity contribution in [2.24, 2.45) is 11.8 Å². The number of ether oxygens (including phenoxy) is 5. The van der Waals surface area contributed by atoms with Gasteiger partial charge in [-0.15, -0.1) is 6.58 Å². The number of hydrogen-bond donors (Lipinski definition) is 4. The molecule has 0 bridgehead atoms. The highest BCUT2D eigenvalue weighted by atomic mass is 19.1. The van der Waals surface area contributed by atoms with Crippen LogP contribution in [0.15, 0.2) is 43.0 Å². The van der Waals surface area contributed by atoms with E-state index in [0.29, 0.717) is 75.3 Å². The highest BCUT2D eigenvalue weighted by Crippen LogP contribution is 2.48. The number of benzene rings is 1. The van der Waals surface area contributed by atoms with Crippen LogP contribution in [0.3, 0.4) is 0 Å². The minimum atomic E-state index is -1.67. The van der Waals surface area contributed by atoms with E-state index in [1.165, 1.54) is 27.9 Å². The van der Waals surface area contributed by atoms with Crippen LogP contribution in [0.4, 0.5) is 18.8 Å². The fraction of sp³-hybridized carbons (Fsp3) is 0.678. The van der Waals surface area contributed by atoms with Gasteiger partial charge in [0.2, 0.25) is 23.6 Å². The lowest BCUT2D eigenvalue weighted by molar-refractivity contribution is -0.155. The highest BCUT2D eigenvalue weighted by Gasteiger charge is 2.64. The van der Waals surface area contributed by atoms with Gasteiger partial charge in [0.15, 0.2) is 0 Å². The Balaban J connectivity index is 0.956. The first-order valence-electron chi connectivity index (χ1n) is 29.5. The standard InChI is InChI=1S/C59H80FN7O14/c1-4-5-6-8-12-26-45(61-55(74)79-39-21-14-15-22-39)51(70)66-33-41(28-47(66)49(68)63-58(30-36(58)2)53(72)77-3)78-54(73)59-31-38(59)20-11-9-7-10-13-27-46(62-56(75)80-40-23-16-17-24-40)52(71)67-34-42(29-48(67)50(69)64-59)81-57(76)65-32-37-19-18-25-44(60)43(37)35-65/h4,11,18-20,25,36,38-42,45-48H,1,5-10,12-17,21-24,26-35H2,2-3H3,(H,61,74)(H,62,75)(H,63,68)(H,64,69)/b20-11-/t36-,38-,41-,42-,45+,46+,47+,48+,58-,59-/m1/s1. The molecule has 21 nitrogen and oxygen atoms in total. The molecule has 4 aliphatic heterocycles. The van der Waals surface area contributed by atoms with E-state index in [0.717, 1.165) is 44.9 Å². The number of nitrogens with zero attached hydrogens (tertiary/aromatic N) is 3. The van der Waals surface area contributed by atoms with Gasteiger partial charge in [-0.05, 0) is 120 Å². The molecule has 22 heteroatoms. The number of unbranched alkanes of at least 4 members (excludes halogenated alkanes) is 3. The zero-order chi connectivity index (χ0) is 57.4. The lowest BCUT2D eigenvalue weighted by atomic mass is 10.0. The highest BCUT2D eigenvalue weighted by molar-refractivity contribution is 5.98. The van der Waals surface area contributed by atoms with E-state index in [-0.39, 0.29) is 76.4 Å². The van der Waals surface area contributed by atoms with Crippen LogP contribution < -0.4 is 21.3 Å². The van der Waals surface area contributed by atoms with Crippen LogP contribution >= 0.6 is 0 Å². The van der Waals surface area contributed by atoms with Gasteiger partial charge >= 0.3 is 30.2 Å². The Hall–Kier alpha value is -6.74. The van der Waals surface area contributed by atoms with Gasteiger partial charge in [-0.3, -0.25) is 24.1 Å². The Labute approximate surface area is 472 Å². The minimum absolute atomic E-state index is 0.0382. The lowest BCUT2D eigenvalue weighted by Crippen LogP contribution is -2.57. The van der Waals surface area contributed by atoms with Gasteiger partial charge in [0.25, 0.3) is 0 Å². The van der Waals surface area contributed by atoms with Gasteiger partial charge in [0.05, 0.1) is 26.7 Å². The monoisotopic (exact) mass is 1130 g/mol. The van der Waals surface area contributed by atoms with E-state index in [9.17, 15) is 42.7 Å². The van der Waals surface area contributed by atoms with Crippen molar-refractivity contribution in [3.8, 4) is 0 Å². The molecule has 8 aliphatic rings. The van der Waals surface area contributed by atoms with Crippen molar-refractivity contribution in [1.29, 1.82) is 0 Å². The van der Waals surface area contributed by atoms with Crippen LogP contribution in [-0.2, 0) is 65.5 Å². The Kier molecular flexibility index (Phi) is 18.9. The van der Waals surface area contributed by atoms with Crippen molar-refractivity contribution in [2.75, 3.05) is 20.2 Å². The minimum Gasteiger partial charge on any atom is -0.467 e.